The maximum atomic E-state index is 13.5. The van der Waals surface area contributed by atoms with Crippen molar-refractivity contribution in [1.82, 2.24) is 0 Å². The molecule has 19 heavy (non-hydrogen) atoms. The predicted molar refractivity (Wildman–Crippen MR) is 71.4 cm³/mol. The SMILES string of the molecule is COc1ccc2cc(C(C)C(F)C(=O)O)ccc2c1. The van der Waals surface area contributed by atoms with Gasteiger partial charge in [-0.05, 0) is 28.5 Å². The molecule has 2 rings (SSSR count). The van der Waals surface area contributed by atoms with E-state index >= 15 is 0 Å². The van der Waals surface area contributed by atoms with E-state index < -0.39 is 18.1 Å². The Labute approximate surface area is 110 Å². The van der Waals surface area contributed by atoms with Crippen LogP contribution in [0.3, 0.4) is 0 Å². The maximum absolute atomic E-state index is 13.5. The highest BCUT2D eigenvalue weighted by atomic mass is 19.1. The molecule has 1 N–H and O–H groups in total. The van der Waals surface area contributed by atoms with Gasteiger partial charge in [-0.3, -0.25) is 0 Å². The number of halogens is 1. The summed E-state index contributed by atoms with van der Waals surface area (Å²) in [5.74, 6) is -1.35. The molecule has 2 aromatic rings. The highest BCUT2D eigenvalue weighted by Crippen LogP contribution is 2.27. The monoisotopic (exact) mass is 262 g/mol. The van der Waals surface area contributed by atoms with Crippen LogP contribution in [0.1, 0.15) is 18.4 Å². The van der Waals surface area contributed by atoms with Gasteiger partial charge in [0.05, 0.1) is 7.11 Å². The number of ether oxygens (including phenoxy) is 1. The van der Waals surface area contributed by atoms with Gasteiger partial charge in [-0.1, -0.05) is 31.2 Å². The highest BCUT2D eigenvalue weighted by Gasteiger charge is 2.25. The molecule has 4 heteroatoms. The number of alkyl halides is 1. The Balaban J connectivity index is 2.39. The summed E-state index contributed by atoms with van der Waals surface area (Å²) in [5.41, 5.74) is 0.674. The molecule has 0 amide bonds. The molecule has 100 valence electrons. The molecule has 0 heterocycles. The van der Waals surface area contributed by atoms with Gasteiger partial charge in [0.25, 0.3) is 0 Å². The molecular weight excluding hydrogens is 247 g/mol. The van der Waals surface area contributed by atoms with Crippen molar-refractivity contribution in [3.63, 3.8) is 0 Å². The zero-order chi connectivity index (χ0) is 14.0. The van der Waals surface area contributed by atoms with Crippen molar-refractivity contribution in [1.29, 1.82) is 0 Å². The quantitative estimate of drug-likeness (QED) is 0.918. The molecule has 0 radical (unpaired) electrons. The Hall–Kier alpha value is -2.10. The summed E-state index contributed by atoms with van der Waals surface area (Å²) in [6, 6.07) is 11.0. The van der Waals surface area contributed by atoms with E-state index in [1.165, 1.54) is 0 Å². The van der Waals surface area contributed by atoms with Crippen molar-refractivity contribution in [2.75, 3.05) is 7.11 Å². The number of carboxylic acids is 1. The number of aliphatic carboxylic acids is 1. The molecule has 0 saturated carbocycles. The summed E-state index contributed by atoms with van der Waals surface area (Å²) in [7, 11) is 1.60. The molecule has 0 aliphatic rings. The molecule has 0 bridgehead atoms. The zero-order valence-corrected chi connectivity index (χ0v) is 10.8. The number of carbonyl (C=O) groups is 1. The summed E-state index contributed by atoms with van der Waals surface area (Å²) in [6.07, 6.45) is -1.89. The van der Waals surface area contributed by atoms with Gasteiger partial charge in [-0.15, -0.1) is 0 Å². The van der Waals surface area contributed by atoms with Crippen molar-refractivity contribution in [2.45, 2.75) is 19.0 Å². The van der Waals surface area contributed by atoms with E-state index in [0.717, 1.165) is 16.5 Å². The molecule has 3 nitrogen and oxygen atoms in total. The second kappa shape index (κ2) is 5.26. The molecule has 2 aromatic carbocycles. The Morgan fingerprint density at radius 2 is 1.84 bits per heavy atom. The third-order valence-electron chi connectivity index (χ3n) is 3.27. The average molecular weight is 262 g/mol. The number of rotatable bonds is 4. The fraction of sp³-hybridized carbons (Fsp3) is 0.267. The van der Waals surface area contributed by atoms with Crippen LogP contribution in [0.25, 0.3) is 10.8 Å². The van der Waals surface area contributed by atoms with Crippen LogP contribution in [0.4, 0.5) is 4.39 Å². The summed E-state index contributed by atoms with van der Waals surface area (Å²) in [4.78, 5) is 10.7. The van der Waals surface area contributed by atoms with Crippen LogP contribution in [0.15, 0.2) is 36.4 Å². The summed E-state index contributed by atoms with van der Waals surface area (Å²) in [5, 5.41) is 10.6. The molecule has 0 aliphatic carbocycles. The second-order valence-electron chi connectivity index (χ2n) is 4.50. The van der Waals surface area contributed by atoms with Gasteiger partial charge in [-0.25, -0.2) is 9.18 Å². The molecule has 0 spiro atoms. The maximum Gasteiger partial charge on any atom is 0.338 e. The smallest absolute Gasteiger partial charge is 0.338 e. The molecule has 0 aliphatic heterocycles. The van der Waals surface area contributed by atoms with E-state index in [2.05, 4.69) is 0 Å². The fourth-order valence-electron chi connectivity index (χ4n) is 2.04. The number of fused-ring (bicyclic) bond motifs is 1. The fourth-order valence-corrected chi connectivity index (χ4v) is 2.04. The van der Waals surface area contributed by atoms with E-state index in [-0.39, 0.29) is 0 Å². The average Bonchev–Trinajstić information content (AvgIpc) is 2.44. The first kappa shape index (κ1) is 13.3. The third kappa shape index (κ3) is 2.67. The van der Waals surface area contributed by atoms with E-state index in [1.54, 1.807) is 20.1 Å². The first-order valence-electron chi connectivity index (χ1n) is 5.97. The van der Waals surface area contributed by atoms with E-state index in [0.29, 0.717) is 5.56 Å². The summed E-state index contributed by atoms with van der Waals surface area (Å²) in [6.45, 7) is 1.57. The largest absolute Gasteiger partial charge is 0.497 e. The number of carboxylic acid groups (broad SMARTS) is 1. The summed E-state index contributed by atoms with van der Waals surface area (Å²) < 4.78 is 18.6. The molecule has 2 atom stereocenters. The van der Waals surface area contributed by atoms with Gasteiger partial charge in [0.2, 0.25) is 6.17 Å². The van der Waals surface area contributed by atoms with Gasteiger partial charge in [0, 0.05) is 5.92 Å². The van der Waals surface area contributed by atoms with Crippen LogP contribution < -0.4 is 4.74 Å². The van der Waals surface area contributed by atoms with Crippen molar-refractivity contribution < 1.29 is 19.0 Å². The minimum absolute atomic E-state index is 0.674. The van der Waals surface area contributed by atoms with Crippen LogP contribution in [0, 0.1) is 0 Å². The number of methoxy groups -OCH3 is 1. The topological polar surface area (TPSA) is 46.5 Å². The van der Waals surface area contributed by atoms with Crippen LogP contribution in [-0.4, -0.2) is 24.4 Å². The van der Waals surface area contributed by atoms with Crippen molar-refractivity contribution in [3.8, 4) is 5.75 Å². The van der Waals surface area contributed by atoms with Gasteiger partial charge < -0.3 is 9.84 Å². The standard InChI is InChI=1S/C15H15FO3/c1-9(14(16)15(17)18)10-3-4-12-8-13(19-2)6-5-11(12)7-10/h3-9,14H,1-2H3,(H,17,18). The van der Waals surface area contributed by atoms with E-state index in [1.807, 2.05) is 30.3 Å². The zero-order valence-electron chi connectivity index (χ0n) is 10.8. The van der Waals surface area contributed by atoms with E-state index in [4.69, 9.17) is 9.84 Å². The Kier molecular flexibility index (Phi) is 3.69. The number of benzene rings is 2. The minimum Gasteiger partial charge on any atom is -0.497 e. The molecule has 0 aromatic heterocycles. The minimum atomic E-state index is -1.89. The normalized spacial score (nSPS) is 14.1. The van der Waals surface area contributed by atoms with Crippen LogP contribution in [0.2, 0.25) is 0 Å². The molecule has 0 fully saturated rings. The van der Waals surface area contributed by atoms with Crippen LogP contribution >= 0.6 is 0 Å². The van der Waals surface area contributed by atoms with Gasteiger partial charge in [-0.2, -0.15) is 0 Å². The van der Waals surface area contributed by atoms with Crippen molar-refractivity contribution in [2.24, 2.45) is 0 Å². The van der Waals surface area contributed by atoms with Crippen LogP contribution in [-0.2, 0) is 4.79 Å². The molecule has 0 saturated heterocycles. The van der Waals surface area contributed by atoms with Gasteiger partial charge in [0.1, 0.15) is 5.75 Å². The Morgan fingerprint density at radius 1 is 1.21 bits per heavy atom. The molecule has 2 unspecified atom stereocenters. The van der Waals surface area contributed by atoms with E-state index in [9.17, 15) is 9.18 Å². The number of hydrogen-bond donors (Lipinski definition) is 1. The lowest BCUT2D eigenvalue weighted by atomic mass is 9.94. The van der Waals surface area contributed by atoms with Crippen molar-refractivity contribution >= 4 is 16.7 Å². The predicted octanol–water partition coefficient (Wildman–Crippen LogP) is 3.37. The molecular formula is C15H15FO3. The first-order valence-corrected chi connectivity index (χ1v) is 5.97. The highest BCUT2D eigenvalue weighted by molar-refractivity contribution is 5.85. The third-order valence-corrected chi connectivity index (χ3v) is 3.27. The first-order chi connectivity index (χ1) is 9.02. The lowest BCUT2D eigenvalue weighted by Crippen LogP contribution is -2.21. The Morgan fingerprint density at radius 3 is 2.47 bits per heavy atom. The lowest BCUT2D eigenvalue weighted by Gasteiger charge is -2.14. The van der Waals surface area contributed by atoms with Gasteiger partial charge >= 0.3 is 5.97 Å². The summed E-state index contributed by atoms with van der Waals surface area (Å²) >= 11 is 0. The second-order valence-corrected chi connectivity index (χ2v) is 4.50. The lowest BCUT2D eigenvalue weighted by molar-refractivity contribution is -0.143. The van der Waals surface area contributed by atoms with Crippen LogP contribution in [0.5, 0.6) is 5.75 Å². The van der Waals surface area contributed by atoms with Gasteiger partial charge in [0.15, 0.2) is 0 Å². The number of hydrogen-bond acceptors (Lipinski definition) is 2. The van der Waals surface area contributed by atoms with Crippen molar-refractivity contribution in [3.05, 3.63) is 42.0 Å². The Bertz CT molecular complexity index is 609.